The van der Waals surface area contributed by atoms with Crippen LogP contribution in [0, 0.1) is 0 Å². The van der Waals surface area contributed by atoms with Crippen molar-refractivity contribution in [3.63, 3.8) is 0 Å². The van der Waals surface area contributed by atoms with E-state index < -0.39 is 16.2 Å². The molecule has 1 aromatic rings. The Morgan fingerprint density at radius 3 is 2.91 bits per heavy atom. The van der Waals surface area contributed by atoms with Crippen LogP contribution in [0.3, 0.4) is 0 Å². The van der Waals surface area contributed by atoms with E-state index in [9.17, 15) is 13.2 Å². The first-order valence-corrected chi connectivity index (χ1v) is 9.29. The first-order valence-electron chi connectivity index (χ1n) is 6.97. The second-order valence-corrected chi connectivity index (χ2v) is 7.21. The van der Waals surface area contributed by atoms with E-state index in [1.54, 1.807) is 12.3 Å². The Kier molecular flexibility index (Phi) is 6.26. The molecule has 0 spiro atoms. The number of ether oxygens (including phenoxy) is 2. The number of aromatic nitrogens is 1. The average molecular weight is 349 g/mol. The van der Waals surface area contributed by atoms with E-state index in [0.717, 1.165) is 0 Å². The molecule has 124 valence electrons. The van der Waals surface area contributed by atoms with E-state index in [-0.39, 0.29) is 12.2 Å². The summed E-state index contributed by atoms with van der Waals surface area (Å²) in [6.45, 7) is 3.80. The first kappa shape index (κ1) is 17.3. The zero-order chi connectivity index (χ0) is 16.0. The second-order valence-electron chi connectivity index (χ2n) is 4.51. The van der Waals surface area contributed by atoms with Crippen LogP contribution in [0.4, 0.5) is 0 Å². The molecule has 8 nitrogen and oxygen atoms in total. The number of morpholine rings is 1. The van der Waals surface area contributed by atoms with Crippen molar-refractivity contribution in [1.29, 1.82) is 0 Å². The van der Waals surface area contributed by atoms with Gasteiger partial charge < -0.3 is 9.47 Å². The molecule has 1 saturated heterocycles. The molecule has 10 heteroatoms. The molecule has 0 saturated carbocycles. The van der Waals surface area contributed by atoms with Crippen molar-refractivity contribution in [2.24, 2.45) is 0 Å². The van der Waals surface area contributed by atoms with Crippen molar-refractivity contribution in [3.8, 4) is 0 Å². The molecule has 1 N–H and O–H groups in total. The van der Waals surface area contributed by atoms with Crippen molar-refractivity contribution < 1.29 is 22.7 Å². The number of nitrogens with one attached hydrogen (secondary N) is 1. The van der Waals surface area contributed by atoms with Crippen LogP contribution >= 0.6 is 11.3 Å². The maximum absolute atomic E-state index is 12.0. The molecular weight excluding hydrogens is 330 g/mol. The quantitative estimate of drug-likeness (QED) is 0.698. The molecule has 1 fully saturated rings. The van der Waals surface area contributed by atoms with E-state index in [1.807, 2.05) is 0 Å². The van der Waals surface area contributed by atoms with E-state index in [4.69, 9.17) is 9.47 Å². The number of rotatable bonds is 7. The first-order chi connectivity index (χ1) is 10.5. The lowest BCUT2D eigenvalue weighted by Crippen LogP contribution is -2.47. The standard InChI is InChI=1S/C12H19N3O5S2/c1-2-20-12(16)10-9-21-11(14-10)3-4-13-22(17,18)15-5-7-19-8-6-15/h9,13H,2-8H2,1H3. The maximum atomic E-state index is 12.0. The number of hydrogen-bond donors (Lipinski definition) is 1. The SMILES string of the molecule is CCOC(=O)c1csc(CCNS(=O)(=O)N2CCOCC2)n1. The molecule has 0 radical (unpaired) electrons. The summed E-state index contributed by atoms with van der Waals surface area (Å²) in [5, 5.41) is 2.30. The monoisotopic (exact) mass is 349 g/mol. The minimum absolute atomic E-state index is 0.232. The summed E-state index contributed by atoms with van der Waals surface area (Å²) >= 11 is 1.31. The highest BCUT2D eigenvalue weighted by Crippen LogP contribution is 2.11. The van der Waals surface area contributed by atoms with Gasteiger partial charge in [0.05, 0.1) is 24.8 Å². The third kappa shape index (κ3) is 4.71. The van der Waals surface area contributed by atoms with Crippen molar-refractivity contribution in [2.45, 2.75) is 13.3 Å². The molecule has 1 aliphatic heterocycles. The van der Waals surface area contributed by atoms with Gasteiger partial charge in [0.2, 0.25) is 0 Å². The molecule has 2 rings (SSSR count). The van der Waals surface area contributed by atoms with Crippen LogP contribution < -0.4 is 4.72 Å². The van der Waals surface area contributed by atoms with Crippen molar-refractivity contribution >= 4 is 27.5 Å². The fourth-order valence-electron chi connectivity index (χ4n) is 1.89. The lowest BCUT2D eigenvalue weighted by molar-refractivity contribution is 0.0520. The number of carbonyl (C=O) groups excluding carboxylic acids is 1. The number of thiazole rings is 1. The van der Waals surface area contributed by atoms with Crippen LogP contribution in [0.2, 0.25) is 0 Å². The van der Waals surface area contributed by atoms with Gasteiger partial charge in [0.25, 0.3) is 10.2 Å². The molecule has 0 unspecified atom stereocenters. The number of hydrogen-bond acceptors (Lipinski definition) is 7. The van der Waals surface area contributed by atoms with Crippen LogP contribution in [0.15, 0.2) is 5.38 Å². The highest BCUT2D eigenvalue weighted by atomic mass is 32.2. The summed E-state index contributed by atoms with van der Waals surface area (Å²) in [5.74, 6) is -0.459. The Hall–Kier alpha value is -1.07. The smallest absolute Gasteiger partial charge is 0.357 e. The minimum atomic E-state index is -3.48. The van der Waals surface area contributed by atoms with Crippen LogP contribution in [-0.4, -0.2) is 63.1 Å². The zero-order valence-corrected chi connectivity index (χ0v) is 13.9. The van der Waals surface area contributed by atoms with Crippen molar-refractivity contribution in [2.75, 3.05) is 39.5 Å². The molecule has 2 heterocycles. The van der Waals surface area contributed by atoms with Crippen LogP contribution in [0.1, 0.15) is 22.4 Å². The van der Waals surface area contributed by atoms with Gasteiger partial charge in [0.15, 0.2) is 5.69 Å². The lowest BCUT2D eigenvalue weighted by atomic mass is 10.4. The number of carbonyl (C=O) groups is 1. The van der Waals surface area contributed by atoms with Gasteiger partial charge >= 0.3 is 5.97 Å². The zero-order valence-electron chi connectivity index (χ0n) is 12.3. The van der Waals surface area contributed by atoms with E-state index in [0.29, 0.717) is 44.3 Å². The molecule has 0 aliphatic carbocycles. The highest BCUT2D eigenvalue weighted by Gasteiger charge is 2.23. The van der Waals surface area contributed by atoms with Crippen LogP contribution in [0.25, 0.3) is 0 Å². The third-order valence-corrected chi connectivity index (χ3v) is 5.49. The van der Waals surface area contributed by atoms with Gasteiger partial charge in [-0.25, -0.2) is 14.5 Å². The molecule has 1 aliphatic rings. The fraction of sp³-hybridized carbons (Fsp3) is 0.667. The second kappa shape index (κ2) is 7.97. The van der Waals surface area contributed by atoms with Gasteiger partial charge in [0.1, 0.15) is 0 Å². The third-order valence-electron chi connectivity index (χ3n) is 2.97. The Balaban J connectivity index is 1.82. The summed E-state index contributed by atoms with van der Waals surface area (Å²) < 4.78 is 38.0. The van der Waals surface area contributed by atoms with Crippen molar-refractivity contribution in [1.82, 2.24) is 14.0 Å². The molecule has 0 bridgehead atoms. The summed E-state index contributed by atoms with van der Waals surface area (Å²) in [5.41, 5.74) is 0.262. The Labute approximate surface area is 133 Å². The van der Waals surface area contributed by atoms with E-state index >= 15 is 0 Å². The summed E-state index contributed by atoms with van der Waals surface area (Å²) in [6, 6.07) is 0. The van der Waals surface area contributed by atoms with Crippen LogP contribution in [-0.2, 0) is 26.1 Å². The summed E-state index contributed by atoms with van der Waals surface area (Å²) in [6.07, 6.45) is 0.424. The number of esters is 1. The fourth-order valence-corrected chi connectivity index (χ4v) is 3.83. The molecule has 0 amide bonds. The van der Waals surface area contributed by atoms with Gasteiger partial charge in [-0.1, -0.05) is 0 Å². The minimum Gasteiger partial charge on any atom is -0.461 e. The highest BCUT2D eigenvalue weighted by molar-refractivity contribution is 7.87. The molecule has 22 heavy (non-hydrogen) atoms. The number of nitrogens with zero attached hydrogens (tertiary/aromatic N) is 2. The van der Waals surface area contributed by atoms with Gasteiger partial charge in [-0.15, -0.1) is 11.3 Å². The molecule has 1 aromatic heterocycles. The Morgan fingerprint density at radius 1 is 1.50 bits per heavy atom. The Morgan fingerprint density at radius 2 is 2.23 bits per heavy atom. The van der Waals surface area contributed by atoms with E-state index in [1.165, 1.54) is 15.6 Å². The van der Waals surface area contributed by atoms with Crippen molar-refractivity contribution in [3.05, 3.63) is 16.1 Å². The topological polar surface area (TPSA) is 97.8 Å². The van der Waals surface area contributed by atoms with Gasteiger partial charge in [-0.3, -0.25) is 0 Å². The molecule has 0 atom stereocenters. The lowest BCUT2D eigenvalue weighted by Gasteiger charge is -2.25. The molecular formula is C12H19N3O5S2. The summed E-state index contributed by atoms with van der Waals surface area (Å²) in [4.78, 5) is 15.6. The van der Waals surface area contributed by atoms with Gasteiger partial charge in [0, 0.05) is 31.4 Å². The van der Waals surface area contributed by atoms with Gasteiger partial charge in [-0.05, 0) is 6.92 Å². The molecule has 0 aromatic carbocycles. The van der Waals surface area contributed by atoms with Gasteiger partial charge in [-0.2, -0.15) is 12.7 Å². The Bertz CT molecular complexity index is 596. The average Bonchev–Trinajstić information content (AvgIpc) is 2.97. The predicted molar refractivity (Wildman–Crippen MR) is 81.1 cm³/mol. The normalized spacial score (nSPS) is 16.6. The summed E-state index contributed by atoms with van der Waals surface area (Å²) in [7, 11) is -3.48. The predicted octanol–water partition coefficient (Wildman–Crippen LogP) is 0.0289. The van der Waals surface area contributed by atoms with E-state index in [2.05, 4.69) is 9.71 Å². The maximum Gasteiger partial charge on any atom is 0.357 e. The largest absolute Gasteiger partial charge is 0.461 e. The van der Waals surface area contributed by atoms with Crippen LogP contribution in [0.5, 0.6) is 0 Å².